The smallest absolute Gasteiger partial charge is 0.469 e. The number of ether oxygens (including phenoxy) is 1. The number of halogens is 1. The molecule has 0 spiro atoms. The standard InChI is InChI=1S/C6H10O3.C5H14NO4P.ClH/c1-5(2)6(8)9-4-3-7;1-6(2,3)4-5-10-11(7,8)9;/h7H,1,3-4H2,2H3;4-5H2,1-3H3,(H-,7,8,9);1H. The van der Waals surface area contributed by atoms with Crippen molar-refractivity contribution in [3.05, 3.63) is 12.2 Å². The summed E-state index contributed by atoms with van der Waals surface area (Å²) in [5.41, 5.74) is 0.350. The van der Waals surface area contributed by atoms with Crippen LogP contribution in [0.3, 0.4) is 0 Å². The molecule has 0 fully saturated rings. The maximum atomic E-state index is 10.5. The van der Waals surface area contributed by atoms with Crippen molar-refractivity contribution in [3.63, 3.8) is 0 Å². The minimum Gasteiger partial charge on any atom is -1.00 e. The quantitative estimate of drug-likeness (QED) is 0.193. The van der Waals surface area contributed by atoms with Gasteiger partial charge in [-0.2, -0.15) is 0 Å². The molecule has 0 unspecified atom stereocenters. The van der Waals surface area contributed by atoms with Crippen LogP contribution in [-0.2, 0) is 18.6 Å². The number of esters is 1. The topological polar surface area (TPSA) is 113 Å². The monoisotopic (exact) mass is 349 g/mol. The Morgan fingerprint density at radius 3 is 2.00 bits per heavy atom. The summed E-state index contributed by atoms with van der Waals surface area (Å²) in [5.74, 6) is -0.455. The van der Waals surface area contributed by atoms with Gasteiger partial charge in [0.2, 0.25) is 0 Å². The van der Waals surface area contributed by atoms with E-state index in [4.69, 9.17) is 14.9 Å². The number of hydrogen-bond acceptors (Lipinski definition) is 5. The van der Waals surface area contributed by atoms with Crippen LogP contribution in [0.4, 0.5) is 0 Å². The van der Waals surface area contributed by atoms with Crippen LogP contribution in [0.25, 0.3) is 0 Å². The molecule has 0 aromatic carbocycles. The molecule has 0 saturated carbocycles. The Hall–Kier alpha value is -0.470. The molecule has 128 valence electrons. The molecule has 10 heteroatoms. The molecule has 0 saturated heterocycles. The van der Waals surface area contributed by atoms with Crippen molar-refractivity contribution in [2.24, 2.45) is 0 Å². The zero-order valence-corrected chi connectivity index (χ0v) is 14.4. The summed E-state index contributed by atoms with van der Waals surface area (Å²) in [6.45, 7) is 5.47. The molecular weight excluding hydrogens is 325 g/mol. The number of aliphatic hydroxyl groups excluding tert-OH is 1. The Bertz CT molecular complexity index is 351. The molecular formula is C11H25ClNO7P. The first-order chi connectivity index (χ1) is 8.89. The largest absolute Gasteiger partial charge is 1.00 e. The summed E-state index contributed by atoms with van der Waals surface area (Å²) in [4.78, 5) is 27.1. The van der Waals surface area contributed by atoms with E-state index in [0.29, 0.717) is 16.6 Å². The van der Waals surface area contributed by atoms with Crippen LogP contribution in [-0.4, -0.2) is 72.9 Å². The Kier molecular flexibility index (Phi) is 14.7. The van der Waals surface area contributed by atoms with Gasteiger partial charge in [-0.3, -0.25) is 4.52 Å². The van der Waals surface area contributed by atoms with Gasteiger partial charge in [0.15, 0.2) is 0 Å². The molecule has 0 aliphatic heterocycles. The van der Waals surface area contributed by atoms with Crippen molar-refractivity contribution >= 4 is 13.8 Å². The Morgan fingerprint density at radius 1 is 1.24 bits per heavy atom. The summed E-state index contributed by atoms with van der Waals surface area (Å²) in [7, 11) is 1.50. The third-order valence-corrected chi connectivity index (χ3v) is 2.21. The van der Waals surface area contributed by atoms with Crippen molar-refractivity contribution in [1.29, 1.82) is 0 Å². The molecule has 0 heterocycles. The lowest BCUT2D eigenvalue weighted by molar-refractivity contribution is -0.870. The van der Waals surface area contributed by atoms with E-state index in [1.165, 1.54) is 0 Å². The highest BCUT2D eigenvalue weighted by atomic mass is 35.5. The SMILES string of the molecule is C=C(C)C(=O)OCCO.C[N+](C)(C)CCOP(=O)(O)O.[Cl-]. The second kappa shape index (κ2) is 12.1. The van der Waals surface area contributed by atoms with Gasteiger partial charge in [-0.25, -0.2) is 9.36 Å². The molecule has 0 aliphatic carbocycles. The predicted molar refractivity (Wildman–Crippen MR) is 73.8 cm³/mol. The maximum Gasteiger partial charge on any atom is 0.469 e. The van der Waals surface area contributed by atoms with Crippen molar-refractivity contribution in [1.82, 2.24) is 0 Å². The van der Waals surface area contributed by atoms with Crippen LogP contribution in [0.15, 0.2) is 12.2 Å². The minimum atomic E-state index is -4.26. The normalized spacial score (nSPS) is 10.8. The van der Waals surface area contributed by atoms with Gasteiger partial charge in [0.25, 0.3) is 0 Å². The van der Waals surface area contributed by atoms with Crippen LogP contribution >= 0.6 is 7.82 Å². The number of carbonyl (C=O) groups is 1. The van der Waals surface area contributed by atoms with Crippen molar-refractivity contribution in [2.45, 2.75) is 6.92 Å². The molecule has 8 nitrogen and oxygen atoms in total. The average molecular weight is 350 g/mol. The second-order valence-electron chi connectivity index (χ2n) is 4.98. The van der Waals surface area contributed by atoms with Crippen molar-refractivity contribution < 1.29 is 50.4 Å². The molecule has 0 amide bonds. The molecule has 3 N–H and O–H groups in total. The van der Waals surface area contributed by atoms with E-state index < -0.39 is 13.8 Å². The first-order valence-corrected chi connectivity index (χ1v) is 7.36. The molecule has 21 heavy (non-hydrogen) atoms. The van der Waals surface area contributed by atoms with Gasteiger partial charge in [-0.15, -0.1) is 0 Å². The second-order valence-corrected chi connectivity index (χ2v) is 6.22. The first-order valence-electron chi connectivity index (χ1n) is 5.83. The summed E-state index contributed by atoms with van der Waals surface area (Å²) < 4.78 is 19.5. The molecule has 0 bridgehead atoms. The van der Waals surface area contributed by atoms with E-state index >= 15 is 0 Å². The summed E-state index contributed by atoms with van der Waals surface area (Å²) in [6.07, 6.45) is 0. The van der Waals surface area contributed by atoms with Gasteiger partial charge >= 0.3 is 13.8 Å². The third-order valence-electron chi connectivity index (χ3n) is 1.69. The van der Waals surface area contributed by atoms with Gasteiger partial charge in [0, 0.05) is 5.57 Å². The van der Waals surface area contributed by atoms with Crippen molar-refractivity contribution in [3.8, 4) is 0 Å². The van der Waals surface area contributed by atoms with Gasteiger partial charge in [-0.05, 0) is 6.92 Å². The summed E-state index contributed by atoms with van der Waals surface area (Å²) in [5, 5.41) is 8.19. The number of phosphoric acid groups is 1. The Morgan fingerprint density at radius 2 is 1.71 bits per heavy atom. The van der Waals surface area contributed by atoms with E-state index in [2.05, 4.69) is 15.8 Å². The third kappa shape index (κ3) is 24.9. The van der Waals surface area contributed by atoms with Crippen molar-refractivity contribution in [2.75, 3.05) is 47.5 Å². The minimum absolute atomic E-state index is 0. The first kappa shape index (κ1) is 25.5. The van der Waals surface area contributed by atoms with Crippen LogP contribution < -0.4 is 12.4 Å². The number of quaternary nitrogens is 1. The van der Waals surface area contributed by atoms with E-state index in [0.717, 1.165) is 0 Å². The van der Waals surface area contributed by atoms with Crippen LogP contribution in [0.1, 0.15) is 6.92 Å². The Balaban J connectivity index is -0.000000300. The van der Waals surface area contributed by atoms with E-state index in [1.54, 1.807) is 6.92 Å². The lowest BCUT2D eigenvalue weighted by Gasteiger charge is -2.23. The maximum absolute atomic E-state index is 10.5. The number of phosphoric ester groups is 1. The Labute approximate surface area is 131 Å². The van der Waals surface area contributed by atoms with Crippen LogP contribution in [0.2, 0.25) is 0 Å². The molecule has 0 aromatic rings. The fourth-order valence-electron chi connectivity index (χ4n) is 0.695. The number of nitrogens with zero attached hydrogens (tertiary/aromatic N) is 1. The fourth-order valence-corrected chi connectivity index (χ4v) is 1.01. The summed E-state index contributed by atoms with van der Waals surface area (Å²) in [6, 6.07) is 0. The zero-order valence-electron chi connectivity index (χ0n) is 12.8. The van der Waals surface area contributed by atoms with Gasteiger partial charge < -0.3 is 36.5 Å². The molecule has 0 aliphatic rings. The van der Waals surface area contributed by atoms with E-state index in [9.17, 15) is 9.36 Å². The molecule has 0 atom stereocenters. The molecule has 0 rings (SSSR count). The van der Waals surface area contributed by atoms with Gasteiger partial charge in [0.05, 0.1) is 27.7 Å². The number of rotatable bonds is 7. The average Bonchev–Trinajstić information content (AvgIpc) is 2.22. The van der Waals surface area contributed by atoms with Crippen LogP contribution in [0.5, 0.6) is 0 Å². The number of aliphatic hydroxyl groups is 1. The van der Waals surface area contributed by atoms with Crippen LogP contribution in [0, 0.1) is 0 Å². The summed E-state index contributed by atoms with van der Waals surface area (Å²) >= 11 is 0. The number of carbonyl (C=O) groups excluding carboxylic acids is 1. The molecule has 0 aromatic heterocycles. The predicted octanol–water partition coefficient (Wildman–Crippen LogP) is -3.10. The van der Waals surface area contributed by atoms with E-state index in [-0.39, 0.29) is 32.2 Å². The highest BCUT2D eigenvalue weighted by Crippen LogP contribution is 2.35. The van der Waals surface area contributed by atoms with Gasteiger partial charge in [0.1, 0.15) is 19.8 Å². The van der Waals surface area contributed by atoms with E-state index in [1.807, 2.05) is 21.1 Å². The fraction of sp³-hybridized carbons (Fsp3) is 0.727. The molecule has 0 radical (unpaired) electrons. The highest BCUT2D eigenvalue weighted by Gasteiger charge is 2.15. The van der Waals surface area contributed by atoms with Gasteiger partial charge in [-0.1, -0.05) is 6.58 Å². The number of likely N-dealkylation sites (N-methyl/N-ethyl adjacent to an activating group) is 1. The number of hydrogen-bond donors (Lipinski definition) is 3. The lowest BCUT2D eigenvalue weighted by atomic mass is 10.4. The lowest BCUT2D eigenvalue weighted by Crippen LogP contribution is -3.00. The highest BCUT2D eigenvalue weighted by molar-refractivity contribution is 7.46. The zero-order chi connectivity index (χ0) is 16.4.